The van der Waals surface area contributed by atoms with E-state index in [0.717, 1.165) is 38.5 Å². The largest absolute Gasteiger partial charge is 0.481 e. The lowest BCUT2D eigenvalue weighted by molar-refractivity contribution is -0.144. The van der Waals surface area contributed by atoms with Crippen LogP contribution < -0.4 is 0 Å². The number of allylic oxidation sites excluding steroid dienone is 2. The van der Waals surface area contributed by atoms with Crippen molar-refractivity contribution in [2.24, 2.45) is 0 Å². The molecule has 1 N–H and O–H groups in total. The van der Waals surface area contributed by atoms with Gasteiger partial charge in [0, 0.05) is 12.8 Å². The lowest BCUT2D eigenvalue weighted by Gasteiger charge is -2.05. The smallest absolute Gasteiger partial charge is 0.305 e. The quantitative estimate of drug-likeness (QED) is 0.0543. The van der Waals surface area contributed by atoms with Crippen molar-refractivity contribution in [3.8, 4) is 0 Å². The van der Waals surface area contributed by atoms with E-state index < -0.39 is 5.97 Å². The van der Waals surface area contributed by atoms with Gasteiger partial charge in [0.05, 0.1) is 6.61 Å². The second-order valence-electron chi connectivity index (χ2n) is 11.3. The van der Waals surface area contributed by atoms with Crippen LogP contribution in [-0.4, -0.2) is 23.7 Å². The Morgan fingerprint density at radius 3 is 1.32 bits per heavy atom. The number of aliphatic carboxylic acids is 1. The SMILES string of the molecule is CCCCCCCCC=CCCCCCCCC(=O)OCCCCCCCCCCCCCCCC(=O)O. The van der Waals surface area contributed by atoms with Crippen LogP contribution in [-0.2, 0) is 14.3 Å². The first-order valence-electron chi connectivity index (χ1n) is 16.7. The van der Waals surface area contributed by atoms with E-state index >= 15 is 0 Å². The van der Waals surface area contributed by atoms with Gasteiger partial charge in [-0.15, -0.1) is 0 Å². The number of carbonyl (C=O) groups is 2. The van der Waals surface area contributed by atoms with E-state index in [2.05, 4.69) is 19.1 Å². The van der Waals surface area contributed by atoms with E-state index in [4.69, 9.17) is 9.84 Å². The van der Waals surface area contributed by atoms with E-state index in [1.54, 1.807) is 0 Å². The van der Waals surface area contributed by atoms with Crippen LogP contribution >= 0.6 is 0 Å². The molecule has 0 aliphatic carbocycles. The molecular formula is C34H64O4. The number of carboxylic acid groups (broad SMARTS) is 1. The summed E-state index contributed by atoms with van der Waals surface area (Å²) in [6, 6.07) is 0. The maximum absolute atomic E-state index is 11.9. The van der Waals surface area contributed by atoms with Crippen molar-refractivity contribution in [1.82, 2.24) is 0 Å². The summed E-state index contributed by atoms with van der Waals surface area (Å²) in [4.78, 5) is 22.3. The number of hydrogen-bond acceptors (Lipinski definition) is 3. The van der Waals surface area contributed by atoms with Crippen LogP contribution in [0.5, 0.6) is 0 Å². The van der Waals surface area contributed by atoms with Crippen LogP contribution in [0.4, 0.5) is 0 Å². The van der Waals surface area contributed by atoms with E-state index in [9.17, 15) is 9.59 Å². The summed E-state index contributed by atoms with van der Waals surface area (Å²) in [6.45, 7) is 2.86. The average Bonchev–Trinajstić information content (AvgIpc) is 2.90. The second kappa shape index (κ2) is 31.9. The third kappa shape index (κ3) is 32.7. The van der Waals surface area contributed by atoms with Crippen LogP contribution in [0.2, 0.25) is 0 Å². The topological polar surface area (TPSA) is 63.6 Å². The van der Waals surface area contributed by atoms with Gasteiger partial charge in [0.2, 0.25) is 0 Å². The molecule has 0 saturated heterocycles. The second-order valence-corrected chi connectivity index (χ2v) is 11.3. The lowest BCUT2D eigenvalue weighted by Crippen LogP contribution is -2.05. The molecule has 0 aromatic rings. The molecule has 0 aliphatic rings. The average molecular weight is 537 g/mol. The minimum absolute atomic E-state index is 0.00971. The number of carboxylic acids is 1. The summed E-state index contributed by atoms with van der Waals surface area (Å²) >= 11 is 0. The first kappa shape index (κ1) is 36.7. The van der Waals surface area contributed by atoms with Crippen LogP contribution in [0.15, 0.2) is 12.2 Å². The Kier molecular flexibility index (Phi) is 30.8. The number of hydrogen-bond donors (Lipinski definition) is 1. The Morgan fingerprint density at radius 1 is 0.500 bits per heavy atom. The maximum atomic E-state index is 11.9. The number of esters is 1. The minimum atomic E-state index is -0.671. The van der Waals surface area contributed by atoms with Crippen molar-refractivity contribution < 1.29 is 19.4 Å². The zero-order chi connectivity index (χ0) is 27.8. The predicted molar refractivity (Wildman–Crippen MR) is 163 cm³/mol. The Morgan fingerprint density at radius 2 is 0.868 bits per heavy atom. The van der Waals surface area contributed by atoms with Crippen LogP contribution in [0.25, 0.3) is 0 Å². The Balaban J connectivity index is 3.20. The number of unbranched alkanes of at least 4 members (excludes halogenated alkanes) is 23. The van der Waals surface area contributed by atoms with E-state index in [1.165, 1.54) is 128 Å². The van der Waals surface area contributed by atoms with Gasteiger partial charge in [0.1, 0.15) is 0 Å². The van der Waals surface area contributed by atoms with Crippen LogP contribution in [0, 0.1) is 0 Å². The normalized spacial score (nSPS) is 11.4. The van der Waals surface area contributed by atoms with Crippen molar-refractivity contribution in [3.63, 3.8) is 0 Å². The summed E-state index contributed by atoms with van der Waals surface area (Å²) in [7, 11) is 0. The molecule has 0 unspecified atom stereocenters. The molecule has 224 valence electrons. The molecule has 4 nitrogen and oxygen atoms in total. The molecule has 0 radical (unpaired) electrons. The molecule has 0 saturated carbocycles. The Bertz CT molecular complexity index is 529. The molecule has 0 aliphatic heterocycles. The molecule has 0 spiro atoms. The predicted octanol–water partition coefficient (Wildman–Crippen LogP) is 11.1. The number of rotatable bonds is 31. The van der Waals surface area contributed by atoms with Crippen molar-refractivity contribution in [3.05, 3.63) is 12.2 Å². The van der Waals surface area contributed by atoms with Gasteiger partial charge in [-0.05, 0) is 44.9 Å². The van der Waals surface area contributed by atoms with Crippen LogP contribution in [0.1, 0.15) is 187 Å². The van der Waals surface area contributed by atoms with Gasteiger partial charge < -0.3 is 9.84 Å². The minimum Gasteiger partial charge on any atom is -0.481 e. The van der Waals surface area contributed by atoms with E-state index in [0.29, 0.717) is 19.4 Å². The molecule has 0 atom stereocenters. The standard InChI is InChI=1S/C34H64O4/c1-2-3-4-5-6-7-8-9-10-13-16-19-22-25-28-31-34(37)38-32-29-26-23-20-17-14-11-12-15-18-21-24-27-30-33(35)36/h9-10H,2-8,11-32H2,1H3,(H,35,36). The van der Waals surface area contributed by atoms with Crippen molar-refractivity contribution >= 4 is 11.9 Å². The van der Waals surface area contributed by atoms with Crippen LogP contribution in [0.3, 0.4) is 0 Å². The highest BCUT2D eigenvalue weighted by molar-refractivity contribution is 5.69. The first-order chi connectivity index (χ1) is 18.7. The monoisotopic (exact) mass is 536 g/mol. The Labute approximate surface area is 236 Å². The van der Waals surface area contributed by atoms with Gasteiger partial charge in [-0.2, -0.15) is 0 Å². The fourth-order valence-corrected chi connectivity index (χ4v) is 4.92. The summed E-state index contributed by atoms with van der Waals surface area (Å²) in [5, 5.41) is 8.62. The number of carbonyl (C=O) groups excluding carboxylic acids is 1. The fraction of sp³-hybridized carbons (Fsp3) is 0.882. The summed E-state index contributed by atoms with van der Waals surface area (Å²) in [5.74, 6) is -0.681. The van der Waals surface area contributed by atoms with Gasteiger partial charge in [-0.3, -0.25) is 9.59 Å². The van der Waals surface area contributed by atoms with Crippen molar-refractivity contribution in [2.75, 3.05) is 6.61 Å². The molecule has 38 heavy (non-hydrogen) atoms. The first-order valence-corrected chi connectivity index (χ1v) is 16.7. The fourth-order valence-electron chi connectivity index (χ4n) is 4.92. The molecule has 0 fully saturated rings. The Hall–Kier alpha value is -1.32. The summed E-state index contributed by atoms with van der Waals surface area (Å²) < 4.78 is 5.40. The molecule has 0 amide bonds. The zero-order valence-corrected chi connectivity index (χ0v) is 25.3. The van der Waals surface area contributed by atoms with Crippen molar-refractivity contribution in [1.29, 1.82) is 0 Å². The van der Waals surface area contributed by atoms with E-state index in [1.807, 2.05) is 0 Å². The molecule has 0 bridgehead atoms. The third-order valence-electron chi connectivity index (χ3n) is 7.44. The molecule has 0 aromatic heterocycles. The number of ether oxygens (including phenoxy) is 1. The molecule has 0 heterocycles. The maximum Gasteiger partial charge on any atom is 0.305 e. The molecule has 4 heteroatoms. The van der Waals surface area contributed by atoms with Gasteiger partial charge >= 0.3 is 11.9 Å². The van der Waals surface area contributed by atoms with Gasteiger partial charge in [0.15, 0.2) is 0 Å². The summed E-state index contributed by atoms with van der Waals surface area (Å²) in [6.07, 6.45) is 37.8. The lowest BCUT2D eigenvalue weighted by atomic mass is 10.0. The highest BCUT2D eigenvalue weighted by Crippen LogP contribution is 2.14. The van der Waals surface area contributed by atoms with Gasteiger partial charge in [0.25, 0.3) is 0 Å². The van der Waals surface area contributed by atoms with Gasteiger partial charge in [-0.1, -0.05) is 141 Å². The molecule has 0 rings (SSSR count). The summed E-state index contributed by atoms with van der Waals surface area (Å²) in [5.41, 5.74) is 0. The van der Waals surface area contributed by atoms with Gasteiger partial charge in [-0.25, -0.2) is 0 Å². The molecule has 0 aromatic carbocycles. The van der Waals surface area contributed by atoms with Crippen molar-refractivity contribution in [2.45, 2.75) is 187 Å². The third-order valence-corrected chi connectivity index (χ3v) is 7.44. The van der Waals surface area contributed by atoms with E-state index in [-0.39, 0.29) is 5.97 Å². The zero-order valence-electron chi connectivity index (χ0n) is 25.3. The highest BCUT2D eigenvalue weighted by atomic mass is 16.5. The highest BCUT2D eigenvalue weighted by Gasteiger charge is 2.02. The molecular weight excluding hydrogens is 472 g/mol.